The summed E-state index contributed by atoms with van der Waals surface area (Å²) in [6.07, 6.45) is 4.02. The summed E-state index contributed by atoms with van der Waals surface area (Å²) in [4.78, 5) is 0. The monoisotopic (exact) mass is 161 g/mol. The minimum Gasteiger partial charge on any atom is -0.397 e. The van der Waals surface area contributed by atoms with Gasteiger partial charge in [-0.15, -0.1) is 0 Å². The van der Waals surface area contributed by atoms with Crippen LogP contribution in [0.3, 0.4) is 0 Å². The molecule has 3 nitrogen and oxygen atoms in total. The fourth-order valence-electron chi connectivity index (χ4n) is 1.33. The van der Waals surface area contributed by atoms with E-state index in [1.165, 1.54) is 0 Å². The highest BCUT2D eigenvalue weighted by atomic mass is 14.9. The SMILES string of the molecule is Nc1ccc2c(c1N)C=CCN2. The van der Waals surface area contributed by atoms with Gasteiger partial charge in [0.1, 0.15) is 0 Å². The van der Waals surface area contributed by atoms with Gasteiger partial charge in [-0.3, -0.25) is 0 Å². The average Bonchev–Trinajstić information content (AvgIpc) is 2.12. The van der Waals surface area contributed by atoms with Gasteiger partial charge in [-0.2, -0.15) is 0 Å². The Morgan fingerprint density at radius 1 is 1.25 bits per heavy atom. The van der Waals surface area contributed by atoms with Crippen LogP contribution >= 0.6 is 0 Å². The van der Waals surface area contributed by atoms with E-state index < -0.39 is 0 Å². The van der Waals surface area contributed by atoms with Crippen molar-refractivity contribution >= 4 is 23.1 Å². The summed E-state index contributed by atoms with van der Waals surface area (Å²) in [6.45, 7) is 0.857. The van der Waals surface area contributed by atoms with E-state index in [1.807, 2.05) is 24.3 Å². The van der Waals surface area contributed by atoms with E-state index in [4.69, 9.17) is 11.5 Å². The van der Waals surface area contributed by atoms with E-state index >= 15 is 0 Å². The molecule has 0 saturated heterocycles. The highest BCUT2D eigenvalue weighted by Crippen LogP contribution is 2.30. The van der Waals surface area contributed by atoms with Crippen molar-refractivity contribution in [2.75, 3.05) is 23.3 Å². The average molecular weight is 161 g/mol. The van der Waals surface area contributed by atoms with Gasteiger partial charge in [-0.25, -0.2) is 0 Å². The summed E-state index contributed by atoms with van der Waals surface area (Å²) >= 11 is 0. The van der Waals surface area contributed by atoms with Crippen molar-refractivity contribution in [3.8, 4) is 0 Å². The van der Waals surface area contributed by atoms with Gasteiger partial charge < -0.3 is 16.8 Å². The number of rotatable bonds is 0. The first-order chi connectivity index (χ1) is 5.79. The summed E-state index contributed by atoms with van der Waals surface area (Å²) < 4.78 is 0. The lowest BCUT2D eigenvalue weighted by Crippen LogP contribution is -2.07. The molecule has 3 heteroatoms. The molecule has 0 aliphatic carbocycles. The van der Waals surface area contributed by atoms with Gasteiger partial charge in [0, 0.05) is 17.8 Å². The normalized spacial score (nSPS) is 13.7. The predicted octanol–water partition coefficient (Wildman–Crippen LogP) is 1.29. The lowest BCUT2D eigenvalue weighted by atomic mass is 10.1. The van der Waals surface area contributed by atoms with Crippen LogP contribution in [0.2, 0.25) is 0 Å². The molecule has 5 N–H and O–H groups in total. The van der Waals surface area contributed by atoms with Gasteiger partial charge >= 0.3 is 0 Å². The zero-order valence-corrected chi connectivity index (χ0v) is 6.67. The molecule has 0 atom stereocenters. The first-order valence-electron chi connectivity index (χ1n) is 3.87. The fraction of sp³-hybridized carbons (Fsp3) is 0.111. The van der Waals surface area contributed by atoms with Crippen LogP contribution in [-0.4, -0.2) is 6.54 Å². The second kappa shape index (κ2) is 2.44. The number of nitrogens with two attached hydrogens (primary N) is 2. The largest absolute Gasteiger partial charge is 0.397 e. The summed E-state index contributed by atoms with van der Waals surface area (Å²) in [7, 11) is 0. The maximum atomic E-state index is 5.79. The van der Waals surface area contributed by atoms with Crippen LogP contribution in [0.4, 0.5) is 17.1 Å². The number of fused-ring (bicyclic) bond motifs is 1. The number of anilines is 3. The van der Waals surface area contributed by atoms with Crippen LogP contribution in [0.1, 0.15) is 5.56 Å². The third-order valence-corrected chi connectivity index (χ3v) is 2.02. The molecule has 0 radical (unpaired) electrons. The molecule has 2 rings (SSSR count). The van der Waals surface area contributed by atoms with E-state index in [0.717, 1.165) is 17.8 Å². The minimum absolute atomic E-state index is 0.641. The summed E-state index contributed by atoms with van der Waals surface area (Å²) in [6, 6.07) is 3.77. The molecule has 12 heavy (non-hydrogen) atoms. The number of nitrogen functional groups attached to an aromatic ring is 2. The molecule has 1 aromatic rings. The molecule has 0 spiro atoms. The smallest absolute Gasteiger partial charge is 0.0642 e. The fourth-order valence-corrected chi connectivity index (χ4v) is 1.33. The molecule has 1 aliphatic rings. The molecule has 0 unspecified atom stereocenters. The molecule has 1 aromatic carbocycles. The van der Waals surface area contributed by atoms with Crippen LogP contribution in [0.5, 0.6) is 0 Å². The van der Waals surface area contributed by atoms with Gasteiger partial charge in [-0.1, -0.05) is 12.2 Å². The Kier molecular flexibility index (Phi) is 1.43. The van der Waals surface area contributed by atoms with Gasteiger partial charge in [0.25, 0.3) is 0 Å². The molecule has 1 heterocycles. The van der Waals surface area contributed by atoms with Crippen molar-refractivity contribution in [2.45, 2.75) is 0 Å². The molecular formula is C9H11N3. The first kappa shape index (κ1) is 7.03. The number of benzene rings is 1. The third-order valence-electron chi connectivity index (χ3n) is 2.02. The summed E-state index contributed by atoms with van der Waals surface area (Å²) in [5, 5.41) is 3.21. The van der Waals surface area contributed by atoms with E-state index in [2.05, 4.69) is 5.32 Å². The minimum atomic E-state index is 0.641. The molecular weight excluding hydrogens is 150 g/mol. The van der Waals surface area contributed by atoms with Crippen molar-refractivity contribution in [1.29, 1.82) is 0 Å². The van der Waals surface area contributed by atoms with Crippen molar-refractivity contribution in [1.82, 2.24) is 0 Å². The molecule has 0 saturated carbocycles. The standard InChI is InChI=1S/C9H11N3/c10-7-3-4-8-6(9(7)11)2-1-5-12-8/h1-4,12H,5,10-11H2. The highest BCUT2D eigenvalue weighted by molar-refractivity contribution is 5.85. The van der Waals surface area contributed by atoms with Crippen LogP contribution in [0, 0.1) is 0 Å². The second-order valence-electron chi connectivity index (χ2n) is 2.81. The maximum Gasteiger partial charge on any atom is 0.0642 e. The Morgan fingerprint density at radius 3 is 2.92 bits per heavy atom. The van der Waals surface area contributed by atoms with Crippen LogP contribution < -0.4 is 16.8 Å². The molecule has 0 aromatic heterocycles. The van der Waals surface area contributed by atoms with Crippen molar-refractivity contribution in [3.05, 3.63) is 23.8 Å². The van der Waals surface area contributed by atoms with Gasteiger partial charge in [0.05, 0.1) is 11.4 Å². The highest BCUT2D eigenvalue weighted by Gasteiger charge is 2.08. The van der Waals surface area contributed by atoms with Crippen LogP contribution in [0.25, 0.3) is 6.08 Å². The van der Waals surface area contributed by atoms with Crippen molar-refractivity contribution in [2.24, 2.45) is 0 Å². The lowest BCUT2D eigenvalue weighted by molar-refractivity contribution is 1.31. The Labute approximate surface area is 71.1 Å². The molecule has 0 fully saturated rings. The Hall–Kier alpha value is -1.64. The van der Waals surface area contributed by atoms with E-state index in [1.54, 1.807) is 0 Å². The molecule has 0 amide bonds. The first-order valence-corrected chi connectivity index (χ1v) is 3.87. The van der Waals surface area contributed by atoms with Crippen LogP contribution in [-0.2, 0) is 0 Å². The van der Waals surface area contributed by atoms with E-state index in [-0.39, 0.29) is 0 Å². The number of nitrogens with one attached hydrogen (secondary N) is 1. The molecule has 62 valence electrons. The van der Waals surface area contributed by atoms with Crippen LogP contribution in [0.15, 0.2) is 18.2 Å². The zero-order chi connectivity index (χ0) is 8.55. The predicted molar refractivity (Wildman–Crippen MR) is 52.8 cm³/mol. The zero-order valence-electron chi connectivity index (χ0n) is 6.67. The second-order valence-corrected chi connectivity index (χ2v) is 2.81. The Bertz CT molecular complexity index is 342. The van der Waals surface area contributed by atoms with E-state index in [0.29, 0.717) is 11.4 Å². The summed E-state index contributed by atoms with van der Waals surface area (Å²) in [5.74, 6) is 0. The topological polar surface area (TPSA) is 64.1 Å². The van der Waals surface area contributed by atoms with Gasteiger partial charge in [0.15, 0.2) is 0 Å². The quantitative estimate of drug-likeness (QED) is 0.502. The molecule has 1 aliphatic heterocycles. The number of hydrogen-bond donors (Lipinski definition) is 3. The van der Waals surface area contributed by atoms with E-state index in [9.17, 15) is 0 Å². The van der Waals surface area contributed by atoms with Crippen molar-refractivity contribution < 1.29 is 0 Å². The Morgan fingerprint density at radius 2 is 2.08 bits per heavy atom. The Balaban J connectivity index is 2.64. The molecule has 0 bridgehead atoms. The number of hydrogen-bond acceptors (Lipinski definition) is 3. The summed E-state index contributed by atoms with van der Waals surface area (Å²) in [5.41, 5.74) is 14.8. The lowest BCUT2D eigenvalue weighted by Gasteiger charge is -2.15. The van der Waals surface area contributed by atoms with Crippen molar-refractivity contribution in [3.63, 3.8) is 0 Å². The van der Waals surface area contributed by atoms with Gasteiger partial charge in [-0.05, 0) is 12.1 Å². The maximum absolute atomic E-state index is 5.79. The third kappa shape index (κ3) is 0.906. The van der Waals surface area contributed by atoms with Gasteiger partial charge in [0.2, 0.25) is 0 Å².